The van der Waals surface area contributed by atoms with Crippen molar-refractivity contribution in [3.8, 4) is 16.9 Å². The minimum absolute atomic E-state index is 0.00625. The maximum atomic E-state index is 13.0. The first-order valence-electron chi connectivity index (χ1n) is 8.47. The minimum Gasteiger partial charge on any atom is -0.497 e. The molecule has 6 heteroatoms. The smallest absolute Gasteiger partial charge is 0.263 e. The Morgan fingerprint density at radius 1 is 1.15 bits per heavy atom. The van der Waals surface area contributed by atoms with Crippen LogP contribution in [0.3, 0.4) is 0 Å². The summed E-state index contributed by atoms with van der Waals surface area (Å²) in [5.41, 5.74) is 3.12. The Morgan fingerprint density at radius 3 is 2.74 bits per heavy atom. The van der Waals surface area contributed by atoms with E-state index in [4.69, 9.17) is 9.72 Å². The first kappa shape index (κ1) is 17.8. The van der Waals surface area contributed by atoms with Gasteiger partial charge >= 0.3 is 0 Å². The van der Waals surface area contributed by atoms with Crippen molar-refractivity contribution < 1.29 is 4.74 Å². The zero-order valence-electron chi connectivity index (χ0n) is 15.0. The van der Waals surface area contributed by atoms with Crippen LogP contribution < -0.4 is 10.3 Å². The number of methoxy groups -OCH3 is 1. The molecule has 0 N–H and O–H groups in total. The fraction of sp³-hybridized carbons (Fsp3) is 0.143. The average Bonchev–Trinajstić information content (AvgIpc) is 3.14. The number of nitrogens with zero attached hydrogens (tertiary/aromatic N) is 2. The quantitative estimate of drug-likeness (QED) is 0.354. The summed E-state index contributed by atoms with van der Waals surface area (Å²) in [4.78, 5) is 18.5. The second kappa shape index (κ2) is 7.58. The number of fused-ring (bicyclic) bond motifs is 1. The summed E-state index contributed by atoms with van der Waals surface area (Å²) in [7, 11) is 3.45. The summed E-state index contributed by atoms with van der Waals surface area (Å²) in [6, 6.07) is 17.9. The van der Waals surface area contributed by atoms with E-state index in [9.17, 15) is 4.79 Å². The molecule has 2 aromatic carbocycles. The molecule has 0 radical (unpaired) electrons. The van der Waals surface area contributed by atoms with Crippen molar-refractivity contribution in [2.45, 2.75) is 10.9 Å². The summed E-state index contributed by atoms with van der Waals surface area (Å²) >= 11 is 3.07. The molecule has 0 saturated heterocycles. The third kappa shape index (κ3) is 3.50. The molecule has 0 aliphatic heterocycles. The van der Waals surface area contributed by atoms with Gasteiger partial charge in [-0.3, -0.25) is 9.36 Å². The molecule has 0 amide bonds. The molecule has 0 fully saturated rings. The van der Waals surface area contributed by atoms with Crippen molar-refractivity contribution in [2.24, 2.45) is 7.05 Å². The van der Waals surface area contributed by atoms with E-state index in [1.807, 2.05) is 60.0 Å². The Labute approximate surface area is 165 Å². The van der Waals surface area contributed by atoms with Crippen molar-refractivity contribution in [3.63, 3.8) is 0 Å². The van der Waals surface area contributed by atoms with Crippen LogP contribution in [-0.2, 0) is 12.8 Å². The average molecular weight is 395 g/mol. The number of benzene rings is 2. The van der Waals surface area contributed by atoms with Gasteiger partial charge in [0.1, 0.15) is 10.6 Å². The van der Waals surface area contributed by atoms with Gasteiger partial charge in [-0.15, -0.1) is 11.3 Å². The van der Waals surface area contributed by atoms with Gasteiger partial charge in [0.05, 0.1) is 12.5 Å². The third-order valence-electron chi connectivity index (χ3n) is 4.36. The number of hydrogen-bond acceptors (Lipinski definition) is 5. The van der Waals surface area contributed by atoms with Gasteiger partial charge in [0.2, 0.25) is 0 Å². The lowest BCUT2D eigenvalue weighted by Gasteiger charge is -2.08. The number of thiophene rings is 1. The summed E-state index contributed by atoms with van der Waals surface area (Å²) in [6.07, 6.45) is 0. The molecule has 2 aromatic heterocycles. The lowest BCUT2D eigenvalue weighted by molar-refractivity contribution is 0.414. The molecule has 0 aliphatic rings. The standard InChI is InChI=1S/C21H18N2O2S2/c1-23-20(24)18-17(15-8-4-3-5-9-15)13-26-19(18)22-21(23)27-12-14-7-6-10-16(11-14)25-2/h3-11,13H,12H2,1-2H3. The highest BCUT2D eigenvalue weighted by Crippen LogP contribution is 2.32. The Hall–Kier alpha value is -2.57. The largest absolute Gasteiger partial charge is 0.497 e. The topological polar surface area (TPSA) is 44.1 Å². The van der Waals surface area contributed by atoms with Crippen LogP contribution in [0.5, 0.6) is 5.75 Å². The first-order chi connectivity index (χ1) is 13.2. The third-order valence-corrected chi connectivity index (χ3v) is 6.33. The molecule has 4 aromatic rings. The summed E-state index contributed by atoms with van der Waals surface area (Å²) in [6.45, 7) is 0. The number of hydrogen-bond donors (Lipinski definition) is 0. The molecule has 2 heterocycles. The molecule has 0 spiro atoms. The molecule has 27 heavy (non-hydrogen) atoms. The van der Waals surface area contributed by atoms with E-state index in [-0.39, 0.29) is 5.56 Å². The predicted octanol–water partition coefficient (Wildman–Crippen LogP) is 4.96. The molecule has 4 rings (SSSR count). The van der Waals surface area contributed by atoms with Crippen LogP contribution >= 0.6 is 23.1 Å². The lowest BCUT2D eigenvalue weighted by Crippen LogP contribution is -2.19. The van der Waals surface area contributed by atoms with Crippen LogP contribution in [0.4, 0.5) is 0 Å². The van der Waals surface area contributed by atoms with Crippen LogP contribution in [0.2, 0.25) is 0 Å². The van der Waals surface area contributed by atoms with Crippen molar-refractivity contribution in [3.05, 3.63) is 75.9 Å². The predicted molar refractivity (Wildman–Crippen MR) is 113 cm³/mol. The van der Waals surface area contributed by atoms with E-state index < -0.39 is 0 Å². The highest BCUT2D eigenvalue weighted by Gasteiger charge is 2.15. The van der Waals surface area contributed by atoms with Gasteiger partial charge in [-0.25, -0.2) is 4.98 Å². The molecule has 0 aliphatic carbocycles. The first-order valence-corrected chi connectivity index (χ1v) is 10.3. The van der Waals surface area contributed by atoms with E-state index >= 15 is 0 Å². The minimum atomic E-state index is -0.00625. The lowest BCUT2D eigenvalue weighted by atomic mass is 10.1. The van der Waals surface area contributed by atoms with Gasteiger partial charge in [-0.1, -0.05) is 54.2 Å². The fourth-order valence-electron chi connectivity index (χ4n) is 2.92. The second-order valence-corrected chi connectivity index (χ2v) is 7.89. The van der Waals surface area contributed by atoms with E-state index in [0.717, 1.165) is 38.2 Å². The van der Waals surface area contributed by atoms with Gasteiger partial charge in [0.25, 0.3) is 5.56 Å². The van der Waals surface area contributed by atoms with Gasteiger partial charge in [-0.05, 0) is 23.3 Å². The highest BCUT2D eigenvalue weighted by atomic mass is 32.2. The summed E-state index contributed by atoms with van der Waals surface area (Å²) < 4.78 is 6.92. The highest BCUT2D eigenvalue weighted by molar-refractivity contribution is 7.98. The maximum absolute atomic E-state index is 13.0. The Bertz CT molecular complexity index is 1150. The van der Waals surface area contributed by atoms with Crippen LogP contribution in [-0.4, -0.2) is 16.7 Å². The maximum Gasteiger partial charge on any atom is 0.263 e. The van der Waals surface area contributed by atoms with Crippen LogP contribution in [0.25, 0.3) is 21.3 Å². The van der Waals surface area contributed by atoms with Crippen molar-refractivity contribution in [1.29, 1.82) is 0 Å². The van der Waals surface area contributed by atoms with Gasteiger partial charge in [0, 0.05) is 23.7 Å². The van der Waals surface area contributed by atoms with Crippen LogP contribution in [0.15, 0.2) is 69.9 Å². The van der Waals surface area contributed by atoms with Gasteiger partial charge in [-0.2, -0.15) is 0 Å². The van der Waals surface area contributed by atoms with Crippen LogP contribution in [0.1, 0.15) is 5.56 Å². The van der Waals surface area contributed by atoms with E-state index in [1.54, 1.807) is 30.5 Å². The van der Waals surface area contributed by atoms with Crippen molar-refractivity contribution in [2.75, 3.05) is 7.11 Å². The number of ether oxygens (including phenoxy) is 1. The zero-order chi connectivity index (χ0) is 18.8. The van der Waals surface area contributed by atoms with E-state index in [1.165, 1.54) is 11.3 Å². The number of rotatable bonds is 5. The monoisotopic (exact) mass is 394 g/mol. The Balaban J connectivity index is 1.69. The normalized spacial score (nSPS) is 11.0. The SMILES string of the molecule is COc1cccc(CSc2nc3scc(-c4ccccc4)c3c(=O)n2C)c1. The molecular weight excluding hydrogens is 376 g/mol. The molecule has 4 nitrogen and oxygen atoms in total. The molecule has 0 atom stereocenters. The van der Waals surface area contributed by atoms with Crippen LogP contribution in [0, 0.1) is 0 Å². The Morgan fingerprint density at radius 2 is 1.96 bits per heavy atom. The zero-order valence-corrected chi connectivity index (χ0v) is 16.6. The fourth-order valence-corrected chi connectivity index (χ4v) is 4.83. The number of thioether (sulfide) groups is 1. The van der Waals surface area contributed by atoms with E-state index in [0.29, 0.717) is 5.39 Å². The molecule has 136 valence electrons. The Kier molecular flexibility index (Phi) is 5.01. The summed E-state index contributed by atoms with van der Waals surface area (Å²) in [5, 5.41) is 3.43. The number of aromatic nitrogens is 2. The second-order valence-electron chi connectivity index (χ2n) is 6.09. The van der Waals surface area contributed by atoms with Gasteiger partial charge in [0.15, 0.2) is 5.16 Å². The molecule has 0 unspecified atom stereocenters. The van der Waals surface area contributed by atoms with E-state index in [2.05, 4.69) is 0 Å². The van der Waals surface area contributed by atoms with Crippen molar-refractivity contribution >= 4 is 33.3 Å². The molecular formula is C21H18N2O2S2. The summed E-state index contributed by atoms with van der Waals surface area (Å²) in [5.74, 6) is 1.55. The molecule has 0 saturated carbocycles. The van der Waals surface area contributed by atoms with Crippen molar-refractivity contribution in [1.82, 2.24) is 9.55 Å². The van der Waals surface area contributed by atoms with Gasteiger partial charge < -0.3 is 4.74 Å². The molecule has 0 bridgehead atoms.